The zero-order valence-corrected chi connectivity index (χ0v) is 13.1. The van der Waals surface area contributed by atoms with Gasteiger partial charge in [-0.15, -0.1) is 16.4 Å². The number of alkyl halides is 3. The molecule has 12 heteroatoms. The first-order valence-electron chi connectivity index (χ1n) is 6.67. The van der Waals surface area contributed by atoms with Crippen LogP contribution in [0.15, 0.2) is 29.6 Å². The maximum absolute atomic E-state index is 12.6. The predicted molar refractivity (Wildman–Crippen MR) is 79.8 cm³/mol. The van der Waals surface area contributed by atoms with E-state index < -0.39 is 17.7 Å². The first-order chi connectivity index (χ1) is 11.8. The molecule has 0 unspecified atom stereocenters. The molecule has 2 heterocycles. The van der Waals surface area contributed by atoms with E-state index >= 15 is 0 Å². The molecule has 0 saturated carbocycles. The third kappa shape index (κ3) is 3.74. The van der Waals surface area contributed by atoms with Crippen LogP contribution >= 0.6 is 11.3 Å². The van der Waals surface area contributed by atoms with Gasteiger partial charge < -0.3 is 10.5 Å². The molecule has 3 rings (SSSR count). The molecule has 0 aliphatic heterocycles. The molecule has 0 saturated heterocycles. The highest BCUT2D eigenvalue weighted by molar-refractivity contribution is 7.13. The average molecular weight is 370 g/mol. The number of hydrogen-bond acceptors (Lipinski definition) is 8. The molecule has 0 radical (unpaired) electrons. The van der Waals surface area contributed by atoms with Crippen molar-refractivity contribution in [2.75, 3.05) is 5.73 Å². The van der Waals surface area contributed by atoms with Gasteiger partial charge in [0.15, 0.2) is 23.3 Å². The van der Waals surface area contributed by atoms with Crippen molar-refractivity contribution < 1.29 is 22.7 Å². The second-order valence-corrected chi connectivity index (χ2v) is 5.59. The lowest BCUT2D eigenvalue weighted by atomic mass is 10.2. The van der Waals surface area contributed by atoms with E-state index in [4.69, 9.17) is 10.5 Å². The SMILES string of the molecule is Nc1nc(C(=O)OCc2nnnn2-c2ccc(C(F)(F)F)cc2)cs1. The fourth-order valence-electron chi connectivity index (χ4n) is 1.87. The molecule has 2 aromatic heterocycles. The Kier molecular flexibility index (Phi) is 4.35. The van der Waals surface area contributed by atoms with Gasteiger partial charge in [0, 0.05) is 5.38 Å². The fraction of sp³-hybridized carbons (Fsp3) is 0.154. The molecule has 0 atom stereocenters. The Labute approximate surface area is 142 Å². The molecule has 0 bridgehead atoms. The predicted octanol–water partition coefficient (Wildman–Crippen LogP) is 2.08. The average Bonchev–Trinajstić information content (AvgIpc) is 3.21. The number of tetrazole rings is 1. The number of ether oxygens (including phenoxy) is 1. The number of benzene rings is 1. The van der Waals surface area contributed by atoms with Crippen molar-refractivity contribution >= 4 is 22.4 Å². The second-order valence-electron chi connectivity index (χ2n) is 4.70. The molecule has 0 amide bonds. The number of nitrogens with two attached hydrogens (primary N) is 1. The molecule has 3 aromatic rings. The van der Waals surface area contributed by atoms with E-state index in [0.29, 0.717) is 5.69 Å². The van der Waals surface area contributed by atoms with E-state index in [2.05, 4.69) is 20.5 Å². The van der Waals surface area contributed by atoms with Gasteiger partial charge in [-0.05, 0) is 34.7 Å². The van der Waals surface area contributed by atoms with Crippen molar-refractivity contribution in [3.63, 3.8) is 0 Å². The summed E-state index contributed by atoms with van der Waals surface area (Å²) < 4.78 is 44.0. The fourth-order valence-corrected chi connectivity index (χ4v) is 2.41. The van der Waals surface area contributed by atoms with Crippen LogP contribution in [0.25, 0.3) is 5.69 Å². The number of carbonyl (C=O) groups excluding carboxylic acids is 1. The van der Waals surface area contributed by atoms with Crippen molar-refractivity contribution in [1.29, 1.82) is 0 Å². The second kappa shape index (κ2) is 6.47. The summed E-state index contributed by atoms with van der Waals surface area (Å²) in [7, 11) is 0. The van der Waals surface area contributed by atoms with Gasteiger partial charge in [0.05, 0.1) is 11.3 Å². The van der Waals surface area contributed by atoms with E-state index in [-0.39, 0.29) is 23.3 Å². The summed E-state index contributed by atoms with van der Waals surface area (Å²) in [5, 5.41) is 12.5. The lowest BCUT2D eigenvalue weighted by molar-refractivity contribution is -0.137. The third-order valence-corrected chi connectivity index (χ3v) is 3.71. The van der Waals surface area contributed by atoms with Crippen molar-refractivity contribution in [2.24, 2.45) is 0 Å². The lowest BCUT2D eigenvalue weighted by Gasteiger charge is -2.08. The first kappa shape index (κ1) is 16.8. The minimum atomic E-state index is -4.44. The number of aromatic nitrogens is 5. The zero-order chi connectivity index (χ0) is 18.0. The summed E-state index contributed by atoms with van der Waals surface area (Å²) in [6, 6.07) is 4.24. The normalized spacial score (nSPS) is 11.5. The Balaban J connectivity index is 1.73. The highest BCUT2D eigenvalue weighted by Crippen LogP contribution is 2.29. The molecule has 0 aliphatic rings. The van der Waals surface area contributed by atoms with Crippen LogP contribution in [0.4, 0.5) is 18.3 Å². The molecule has 130 valence electrons. The molecule has 1 aromatic carbocycles. The maximum Gasteiger partial charge on any atom is 0.416 e. The van der Waals surface area contributed by atoms with Gasteiger partial charge >= 0.3 is 12.1 Å². The Morgan fingerprint density at radius 3 is 2.60 bits per heavy atom. The van der Waals surface area contributed by atoms with Gasteiger partial charge in [-0.3, -0.25) is 0 Å². The van der Waals surface area contributed by atoms with Crippen LogP contribution in [-0.4, -0.2) is 31.2 Å². The standard InChI is InChI=1S/C13H9F3N6O2S/c14-13(15,16)7-1-3-8(4-2-7)22-10(19-20-21-22)5-24-11(23)9-6-25-12(17)18-9/h1-4,6H,5H2,(H2,17,18). The number of anilines is 1. The third-order valence-electron chi connectivity index (χ3n) is 3.04. The molecule has 0 aliphatic carbocycles. The summed E-state index contributed by atoms with van der Waals surface area (Å²) >= 11 is 1.09. The number of nitrogens with zero attached hydrogens (tertiary/aromatic N) is 5. The number of esters is 1. The van der Waals surface area contributed by atoms with Crippen LogP contribution in [0.1, 0.15) is 21.9 Å². The number of halogens is 3. The van der Waals surface area contributed by atoms with Crippen LogP contribution in [0.3, 0.4) is 0 Å². The van der Waals surface area contributed by atoms with Gasteiger partial charge in [-0.1, -0.05) is 0 Å². The summed E-state index contributed by atoms with van der Waals surface area (Å²) in [6.07, 6.45) is -4.44. The van der Waals surface area contributed by atoms with Gasteiger partial charge in [-0.25, -0.2) is 9.78 Å². The van der Waals surface area contributed by atoms with Crippen LogP contribution in [0.5, 0.6) is 0 Å². The van der Waals surface area contributed by atoms with E-state index in [1.165, 1.54) is 22.2 Å². The van der Waals surface area contributed by atoms with E-state index in [1.807, 2.05) is 0 Å². The van der Waals surface area contributed by atoms with Crippen LogP contribution in [0.2, 0.25) is 0 Å². The summed E-state index contributed by atoms with van der Waals surface area (Å²) in [5.41, 5.74) is 4.99. The molecular formula is C13H9F3N6O2S. The summed E-state index contributed by atoms with van der Waals surface area (Å²) in [4.78, 5) is 15.6. The lowest BCUT2D eigenvalue weighted by Crippen LogP contribution is -2.11. The van der Waals surface area contributed by atoms with Crippen LogP contribution in [-0.2, 0) is 17.5 Å². The zero-order valence-electron chi connectivity index (χ0n) is 12.3. The molecule has 0 fully saturated rings. The minimum absolute atomic E-state index is 0.0519. The number of carbonyl (C=O) groups is 1. The highest BCUT2D eigenvalue weighted by Gasteiger charge is 2.30. The molecule has 0 spiro atoms. The molecule has 2 N–H and O–H groups in total. The number of hydrogen-bond donors (Lipinski definition) is 1. The first-order valence-corrected chi connectivity index (χ1v) is 7.55. The Hall–Kier alpha value is -3.02. The highest BCUT2D eigenvalue weighted by atomic mass is 32.1. The molecular weight excluding hydrogens is 361 g/mol. The van der Waals surface area contributed by atoms with Crippen LogP contribution < -0.4 is 5.73 Å². The number of thiazole rings is 1. The Morgan fingerprint density at radius 2 is 2.00 bits per heavy atom. The van der Waals surface area contributed by atoms with Crippen molar-refractivity contribution in [2.45, 2.75) is 12.8 Å². The van der Waals surface area contributed by atoms with E-state index in [1.54, 1.807) is 0 Å². The van der Waals surface area contributed by atoms with Gasteiger partial charge in [0.1, 0.15) is 0 Å². The molecule has 25 heavy (non-hydrogen) atoms. The van der Waals surface area contributed by atoms with Gasteiger partial charge in [-0.2, -0.15) is 17.9 Å². The monoisotopic (exact) mass is 370 g/mol. The maximum atomic E-state index is 12.6. The summed E-state index contributed by atoms with van der Waals surface area (Å²) in [5.74, 6) is -0.578. The number of rotatable bonds is 4. The van der Waals surface area contributed by atoms with Crippen molar-refractivity contribution in [1.82, 2.24) is 25.2 Å². The molecule has 8 nitrogen and oxygen atoms in total. The van der Waals surface area contributed by atoms with Crippen molar-refractivity contribution in [3.8, 4) is 5.69 Å². The van der Waals surface area contributed by atoms with E-state index in [0.717, 1.165) is 23.5 Å². The summed E-state index contributed by atoms with van der Waals surface area (Å²) in [6.45, 7) is -0.287. The Morgan fingerprint density at radius 1 is 1.28 bits per heavy atom. The minimum Gasteiger partial charge on any atom is -0.453 e. The topological polar surface area (TPSA) is 109 Å². The number of nitrogen functional groups attached to an aromatic ring is 1. The smallest absolute Gasteiger partial charge is 0.416 e. The van der Waals surface area contributed by atoms with Crippen LogP contribution in [0, 0.1) is 0 Å². The largest absolute Gasteiger partial charge is 0.453 e. The van der Waals surface area contributed by atoms with Gasteiger partial charge in [0.25, 0.3) is 0 Å². The quantitative estimate of drug-likeness (QED) is 0.700. The van der Waals surface area contributed by atoms with Gasteiger partial charge in [0.2, 0.25) is 0 Å². The Bertz CT molecular complexity index is 890. The van der Waals surface area contributed by atoms with E-state index in [9.17, 15) is 18.0 Å². The van der Waals surface area contributed by atoms with Crippen molar-refractivity contribution in [3.05, 3.63) is 46.7 Å².